The number of rotatable bonds is 14. The van der Waals surface area contributed by atoms with Crippen LogP contribution in [0.1, 0.15) is 52.9 Å². The molecule has 1 aromatic carbocycles. The lowest BCUT2D eigenvalue weighted by molar-refractivity contribution is -0.149. The van der Waals surface area contributed by atoms with Gasteiger partial charge in [0, 0.05) is 13.1 Å². The molecule has 3 rings (SSSR count). The Morgan fingerprint density at radius 2 is 1.83 bits per heavy atom. The van der Waals surface area contributed by atoms with Gasteiger partial charge in [-0.25, -0.2) is 9.78 Å². The van der Waals surface area contributed by atoms with E-state index in [4.69, 9.17) is 11.5 Å². The molecule has 9 N–H and O–H groups in total. The number of hydrogen-bond acceptors (Lipinski definition) is 7. The molecule has 0 spiro atoms. The number of H-pyrrole nitrogens is 1. The van der Waals surface area contributed by atoms with Gasteiger partial charge in [-0.2, -0.15) is 0 Å². The number of carbonyl (C=O) groups excluding carboxylic acids is 3. The number of amides is 3. The molecular formula is C27H41N9O5. The Morgan fingerprint density at radius 3 is 2.49 bits per heavy atom. The molecule has 41 heavy (non-hydrogen) atoms. The van der Waals surface area contributed by atoms with Gasteiger partial charge in [-0.3, -0.25) is 19.4 Å². The summed E-state index contributed by atoms with van der Waals surface area (Å²) in [7, 11) is 0. The van der Waals surface area contributed by atoms with Crippen molar-refractivity contribution in [3.8, 4) is 0 Å². The van der Waals surface area contributed by atoms with Crippen LogP contribution in [0, 0.1) is 5.92 Å². The molecule has 4 atom stereocenters. The smallest absolute Gasteiger partial charge is 0.326 e. The van der Waals surface area contributed by atoms with E-state index >= 15 is 0 Å². The van der Waals surface area contributed by atoms with Crippen LogP contribution in [0.25, 0.3) is 11.0 Å². The summed E-state index contributed by atoms with van der Waals surface area (Å²) >= 11 is 0. The number of imidazole rings is 1. The second-order valence-electron chi connectivity index (χ2n) is 10.7. The average Bonchev–Trinajstić information content (AvgIpc) is 3.56. The van der Waals surface area contributed by atoms with Crippen molar-refractivity contribution in [1.29, 1.82) is 0 Å². The molecule has 0 saturated carbocycles. The van der Waals surface area contributed by atoms with Gasteiger partial charge in [-0.15, -0.1) is 0 Å². The monoisotopic (exact) mass is 571 g/mol. The van der Waals surface area contributed by atoms with Crippen molar-refractivity contribution in [3.05, 3.63) is 24.3 Å². The number of aliphatic carboxylic acids is 1. The average molecular weight is 572 g/mol. The zero-order valence-corrected chi connectivity index (χ0v) is 23.7. The van der Waals surface area contributed by atoms with Crippen LogP contribution in [0.5, 0.6) is 0 Å². The summed E-state index contributed by atoms with van der Waals surface area (Å²) < 4.78 is 0. The Balaban J connectivity index is 1.71. The molecule has 1 aromatic heterocycles. The van der Waals surface area contributed by atoms with E-state index in [0.717, 1.165) is 11.0 Å². The maximum atomic E-state index is 13.5. The summed E-state index contributed by atoms with van der Waals surface area (Å²) in [6.07, 6.45) is 1.79. The molecule has 0 aliphatic carbocycles. The van der Waals surface area contributed by atoms with E-state index < -0.39 is 47.9 Å². The number of nitrogens with two attached hydrogens (primary N) is 2. The predicted molar refractivity (Wildman–Crippen MR) is 155 cm³/mol. The second-order valence-corrected chi connectivity index (χ2v) is 10.7. The third kappa shape index (κ3) is 8.82. The third-order valence-electron chi connectivity index (χ3n) is 6.86. The van der Waals surface area contributed by atoms with Crippen LogP contribution in [-0.4, -0.2) is 86.9 Å². The Hall–Kier alpha value is -4.36. The van der Waals surface area contributed by atoms with Crippen molar-refractivity contribution in [2.75, 3.05) is 18.4 Å². The fourth-order valence-electron chi connectivity index (χ4n) is 4.81. The van der Waals surface area contributed by atoms with Gasteiger partial charge in [0.1, 0.15) is 24.2 Å². The highest BCUT2D eigenvalue weighted by atomic mass is 16.4. The van der Waals surface area contributed by atoms with Crippen molar-refractivity contribution in [2.24, 2.45) is 22.4 Å². The molecule has 14 nitrogen and oxygen atoms in total. The van der Waals surface area contributed by atoms with Gasteiger partial charge in [0.25, 0.3) is 0 Å². The Bertz CT molecular complexity index is 1220. The molecule has 0 unspecified atom stereocenters. The number of carboxylic acid groups (broad SMARTS) is 1. The minimum Gasteiger partial charge on any atom is -0.480 e. The molecule has 0 bridgehead atoms. The number of nitrogens with one attached hydrogen (secondary N) is 4. The topological polar surface area (TPSA) is 221 Å². The number of aliphatic imine (C=N–C) groups is 1. The fourth-order valence-corrected chi connectivity index (χ4v) is 4.81. The lowest BCUT2D eigenvalue weighted by Crippen LogP contribution is -2.57. The lowest BCUT2D eigenvalue weighted by Gasteiger charge is -2.29. The zero-order chi connectivity index (χ0) is 30.1. The molecule has 224 valence electrons. The SMILES string of the molecule is CC(C)C[C@H](NC(=O)[C@@H](C)Nc1nc2ccccc2[nH]1)C(=O)N[C@@H](CCCN=C(N)N)C(=O)N1CCC[C@H]1C(=O)O. The number of guanidine groups is 1. The van der Waals surface area contributed by atoms with Crippen LogP contribution in [-0.2, 0) is 19.2 Å². The maximum absolute atomic E-state index is 13.5. The number of aromatic amines is 1. The molecule has 2 heterocycles. The maximum Gasteiger partial charge on any atom is 0.326 e. The number of nitrogens with zero attached hydrogens (tertiary/aromatic N) is 3. The molecule has 1 saturated heterocycles. The number of hydrogen-bond donors (Lipinski definition) is 7. The largest absolute Gasteiger partial charge is 0.480 e. The number of para-hydroxylation sites is 2. The number of carbonyl (C=O) groups is 4. The third-order valence-corrected chi connectivity index (χ3v) is 6.86. The van der Waals surface area contributed by atoms with Crippen LogP contribution in [0.4, 0.5) is 5.95 Å². The summed E-state index contributed by atoms with van der Waals surface area (Å²) in [6, 6.07) is 3.85. The minimum absolute atomic E-state index is 0.0516. The molecule has 1 aliphatic heterocycles. The first-order valence-corrected chi connectivity index (χ1v) is 13.9. The van der Waals surface area contributed by atoms with Gasteiger partial charge in [0.2, 0.25) is 23.7 Å². The summed E-state index contributed by atoms with van der Waals surface area (Å²) in [6.45, 7) is 6.01. The molecule has 3 amide bonds. The molecule has 1 aliphatic rings. The van der Waals surface area contributed by atoms with E-state index in [1.807, 2.05) is 38.1 Å². The molecule has 0 radical (unpaired) electrons. The van der Waals surface area contributed by atoms with Gasteiger partial charge >= 0.3 is 5.97 Å². The quantitative estimate of drug-likeness (QED) is 0.0952. The van der Waals surface area contributed by atoms with Crippen molar-refractivity contribution < 1.29 is 24.3 Å². The summed E-state index contributed by atoms with van der Waals surface area (Å²) in [5.74, 6) is -2.15. The lowest BCUT2D eigenvalue weighted by atomic mass is 10.0. The van der Waals surface area contributed by atoms with E-state index in [2.05, 4.69) is 30.9 Å². The van der Waals surface area contributed by atoms with Crippen LogP contribution >= 0.6 is 0 Å². The van der Waals surface area contributed by atoms with Gasteiger partial charge < -0.3 is 42.4 Å². The predicted octanol–water partition coefficient (Wildman–Crippen LogP) is 0.508. The number of anilines is 1. The summed E-state index contributed by atoms with van der Waals surface area (Å²) in [4.78, 5) is 64.5. The fraction of sp³-hybridized carbons (Fsp3) is 0.556. The summed E-state index contributed by atoms with van der Waals surface area (Å²) in [5.41, 5.74) is 12.4. The Morgan fingerprint density at radius 1 is 1.12 bits per heavy atom. The van der Waals surface area contributed by atoms with Crippen molar-refractivity contribution >= 4 is 46.6 Å². The van der Waals surface area contributed by atoms with Crippen molar-refractivity contribution in [1.82, 2.24) is 25.5 Å². The molecular weight excluding hydrogens is 530 g/mol. The van der Waals surface area contributed by atoms with E-state index in [9.17, 15) is 24.3 Å². The number of benzene rings is 1. The zero-order valence-electron chi connectivity index (χ0n) is 23.7. The number of aromatic nitrogens is 2. The van der Waals surface area contributed by atoms with Crippen molar-refractivity contribution in [3.63, 3.8) is 0 Å². The van der Waals surface area contributed by atoms with Crippen molar-refractivity contribution in [2.45, 2.75) is 77.0 Å². The summed E-state index contributed by atoms with van der Waals surface area (Å²) in [5, 5.41) is 18.2. The first-order valence-electron chi connectivity index (χ1n) is 13.9. The van der Waals surface area contributed by atoms with Gasteiger partial charge in [-0.1, -0.05) is 26.0 Å². The number of likely N-dealkylation sites (tertiary alicyclic amines) is 1. The first-order chi connectivity index (χ1) is 19.5. The highest BCUT2D eigenvalue weighted by Gasteiger charge is 2.38. The highest BCUT2D eigenvalue weighted by molar-refractivity contribution is 5.94. The van der Waals surface area contributed by atoms with Crippen LogP contribution in [0.3, 0.4) is 0 Å². The van der Waals surface area contributed by atoms with Gasteiger partial charge in [0.05, 0.1) is 11.0 Å². The van der Waals surface area contributed by atoms with Gasteiger partial charge in [-0.05, 0) is 57.1 Å². The first kappa shape index (κ1) is 31.2. The van der Waals surface area contributed by atoms with E-state index in [-0.39, 0.29) is 31.4 Å². The number of fused-ring (bicyclic) bond motifs is 1. The van der Waals surface area contributed by atoms with E-state index in [1.54, 1.807) is 6.92 Å². The van der Waals surface area contributed by atoms with E-state index in [1.165, 1.54) is 4.90 Å². The Kier molecular flexibility index (Phi) is 10.9. The van der Waals surface area contributed by atoms with Crippen LogP contribution < -0.4 is 27.4 Å². The molecule has 14 heteroatoms. The normalized spacial score (nSPS) is 17.1. The van der Waals surface area contributed by atoms with Crippen LogP contribution in [0.15, 0.2) is 29.3 Å². The minimum atomic E-state index is -1.09. The Labute approximate surface area is 238 Å². The van der Waals surface area contributed by atoms with E-state index in [0.29, 0.717) is 31.6 Å². The van der Waals surface area contributed by atoms with Crippen LogP contribution in [0.2, 0.25) is 0 Å². The standard InChI is InChI=1S/C27H41N9O5/c1-15(2)14-20(33-22(37)16(3)31-27-34-17-8-4-5-9-18(17)35-27)23(38)32-19(10-6-12-30-26(28)29)24(39)36-13-7-11-21(36)25(40)41/h4-5,8-9,15-16,19-21H,6-7,10-14H2,1-3H3,(H,32,38)(H,33,37)(H,40,41)(H4,28,29,30)(H2,31,34,35)/t16-,19+,20+,21+/m1/s1. The highest BCUT2D eigenvalue weighted by Crippen LogP contribution is 2.20. The van der Waals surface area contributed by atoms with Gasteiger partial charge in [0.15, 0.2) is 5.96 Å². The molecule has 1 fully saturated rings. The second kappa shape index (κ2) is 14.3. The number of carboxylic acids is 1. The molecule has 2 aromatic rings.